The Morgan fingerprint density at radius 2 is 2.08 bits per heavy atom. The van der Waals surface area contributed by atoms with E-state index in [1.165, 1.54) is 0 Å². The average molecular weight is 337 g/mol. The van der Waals surface area contributed by atoms with Crippen molar-refractivity contribution in [2.75, 3.05) is 6.61 Å². The van der Waals surface area contributed by atoms with Gasteiger partial charge in [0.25, 0.3) is 0 Å². The summed E-state index contributed by atoms with van der Waals surface area (Å²) in [6.07, 6.45) is 4.94. The molecule has 0 amide bonds. The predicted octanol–water partition coefficient (Wildman–Crippen LogP) is 3.81. The first kappa shape index (κ1) is 18.7. The summed E-state index contributed by atoms with van der Waals surface area (Å²) in [5.74, 6) is -1.71. The monoisotopic (exact) mass is 337 g/mol. The quantitative estimate of drug-likeness (QED) is 0.450. The maximum absolute atomic E-state index is 12.9. The molecule has 0 N–H and O–H groups in total. The summed E-state index contributed by atoms with van der Waals surface area (Å²) in [5, 5.41) is 10.1. The molecule has 0 heterocycles. The summed E-state index contributed by atoms with van der Waals surface area (Å²) < 4.78 is 5.29. The fraction of sp³-hybridized carbons (Fsp3) is 0.381. The Bertz CT molecular complexity index is 716. The zero-order valence-electron chi connectivity index (χ0n) is 14.6. The summed E-state index contributed by atoms with van der Waals surface area (Å²) >= 11 is 0. The van der Waals surface area contributed by atoms with Crippen LogP contribution in [0.15, 0.2) is 54.6 Å². The summed E-state index contributed by atoms with van der Waals surface area (Å²) in [6, 6.07) is 11.7. The zero-order valence-corrected chi connectivity index (χ0v) is 14.6. The third-order valence-corrected chi connectivity index (χ3v) is 5.04. The molecular weight excluding hydrogens is 314 g/mol. The van der Waals surface area contributed by atoms with Gasteiger partial charge in [-0.3, -0.25) is 9.59 Å². The molecule has 4 nitrogen and oxygen atoms in total. The van der Waals surface area contributed by atoms with Crippen molar-refractivity contribution in [1.82, 2.24) is 0 Å². The minimum Gasteiger partial charge on any atom is -0.465 e. The van der Waals surface area contributed by atoms with Crippen LogP contribution in [0.1, 0.15) is 31.7 Å². The second-order valence-corrected chi connectivity index (χ2v) is 6.28. The van der Waals surface area contributed by atoms with Gasteiger partial charge in [0.1, 0.15) is 6.29 Å². The molecule has 0 unspecified atom stereocenters. The van der Waals surface area contributed by atoms with E-state index in [-0.39, 0.29) is 12.5 Å². The largest absolute Gasteiger partial charge is 0.465 e. The first-order chi connectivity index (χ1) is 12.1. The molecule has 0 saturated carbocycles. The molecular formula is C21H23NO3. The number of ether oxygens (including phenoxy) is 1. The van der Waals surface area contributed by atoms with Crippen molar-refractivity contribution in [2.45, 2.75) is 26.2 Å². The molecule has 0 aliphatic heterocycles. The number of esters is 1. The second kappa shape index (κ2) is 7.94. The van der Waals surface area contributed by atoms with Crippen LogP contribution in [0.2, 0.25) is 0 Å². The third-order valence-electron chi connectivity index (χ3n) is 5.04. The molecule has 0 fully saturated rings. The van der Waals surface area contributed by atoms with Crippen molar-refractivity contribution in [3.63, 3.8) is 0 Å². The number of hydrogen-bond acceptors (Lipinski definition) is 4. The zero-order chi connectivity index (χ0) is 18.4. The highest BCUT2D eigenvalue weighted by Crippen LogP contribution is 2.54. The molecule has 130 valence electrons. The van der Waals surface area contributed by atoms with Crippen LogP contribution in [0.25, 0.3) is 0 Å². The lowest BCUT2D eigenvalue weighted by Crippen LogP contribution is -2.48. The number of rotatable bonds is 6. The molecule has 1 aromatic rings. The van der Waals surface area contributed by atoms with Gasteiger partial charge >= 0.3 is 5.97 Å². The van der Waals surface area contributed by atoms with Crippen LogP contribution < -0.4 is 0 Å². The number of carbonyl (C=O) groups is 2. The Kier molecular flexibility index (Phi) is 5.93. The second-order valence-electron chi connectivity index (χ2n) is 6.28. The molecule has 1 aromatic carbocycles. The van der Waals surface area contributed by atoms with Gasteiger partial charge in [0.2, 0.25) is 0 Å². The number of nitriles is 1. The summed E-state index contributed by atoms with van der Waals surface area (Å²) in [4.78, 5) is 24.5. The van der Waals surface area contributed by atoms with Crippen molar-refractivity contribution in [3.05, 3.63) is 60.2 Å². The van der Waals surface area contributed by atoms with Crippen LogP contribution in [0, 0.1) is 28.6 Å². The fourth-order valence-corrected chi connectivity index (χ4v) is 3.83. The molecule has 4 heteroatoms. The third kappa shape index (κ3) is 3.15. The van der Waals surface area contributed by atoms with E-state index in [0.29, 0.717) is 12.0 Å². The highest BCUT2D eigenvalue weighted by molar-refractivity contribution is 5.87. The molecule has 0 spiro atoms. The first-order valence-corrected chi connectivity index (χ1v) is 8.47. The number of aldehydes is 1. The van der Waals surface area contributed by atoms with Gasteiger partial charge in [-0.1, -0.05) is 49.4 Å². The number of nitrogens with zero attached hydrogens (tertiary/aromatic N) is 1. The van der Waals surface area contributed by atoms with E-state index in [4.69, 9.17) is 4.74 Å². The molecule has 0 radical (unpaired) electrons. The van der Waals surface area contributed by atoms with Crippen molar-refractivity contribution in [1.29, 1.82) is 5.26 Å². The smallest absolute Gasteiger partial charge is 0.327 e. The van der Waals surface area contributed by atoms with Crippen molar-refractivity contribution >= 4 is 12.3 Å². The lowest BCUT2D eigenvalue weighted by atomic mass is 9.55. The van der Waals surface area contributed by atoms with Gasteiger partial charge in [0.05, 0.1) is 12.7 Å². The van der Waals surface area contributed by atoms with Crippen LogP contribution in [-0.4, -0.2) is 18.9 Å². The molecule has 1 aliphatic carbocycles. The maximum atomic E-state index is 12.9. The maximum Gasteiger partial charge on any atom is 0.327 e. The van der Waals surface area contributed by atoms with E-state index in [0.717, 1.165) is 11.8 Å². The fourth-order valence-electron chi connectivity index (χ4n) is 3.83. The Hall–Kier alpha value is -2.67. The molecule has 1 aliphatic rings. The summed E-state index contributed by atoms with van der Waals surface area (Å²) in [5.41, 5.74) is -0.0959. The Morgan fingerprint density at radius 1 is 1.40 bits per heavy atom. The van der Waals surface area contributed by atoms with Gasteiger partial charge < -0.3 is 4.74 Å². The normalized spacial score (nSPS) is 28.4. The summed E-state index contributed by atoms with van der Waals surface area (Å²) in [7, 11) is 0. The van der Waals surface area contributed by atoms with E-state index in [2.05, 4.69) is 12.6 Å². The topological polar surface area (TPSA) is 67.2 Å². The van der Waals surface area contributed by atoms with Crippen molar-refractivity contribution < 1.29 is 14.3 Å². The number of benzene rings is 1. The van der Waals surface area contributed by atoms with Crippen LogP contribution in [-0.2, 0) is 14.3 Å². The summed E-state index contributed by atoms with van der Waals surface area (Å²) in [6.45, 7) is 7.44. The molecule has 0 aromatic heterocycles. The predicted molar refractivity (Wildman–Crippen MR) is 95.5 cm³/mol. The van der Waals surface area contributed by atoms with Crippen LogP contribution >= 0.6 is 0 Å². The van der Waals surface area contributed by atoms with Crippen LogP contribution in [0.3, 0.4) is 0 Å². The highest BCUT2D eigenvalue weighted by Gasteiger charge is 2.57. The van der Waals surface area contributed by atoms with Gasteiger partial charge in [0, 0.05) is 11.8 Å². The van der Waals surface area contributed by atoms with Crippen molar-refractivity contribution in [3.8, 4) is 6.07 Å². The van der Waals surface area contributed by atoms with E-state index in [9.17, 15) is 14.9 Å². The van der Waals surface area contributed by atoms with E-state index < -0.39 is 23.2 Å². The molecule has 0 bridgehead atoms. The van der Waals surface area contributed by atoms with Gasteiger partial charge in [-0.15, -0.1) is 6.58 Å². The standard InChI is InChI=1S/C21H23NO3/c1-4-9-17-12-18(13-23)15(3)21(14-22,20(24)25-5-2)19(17)16-10-7-6-8-11-16/h4,6-8,10-13,15,17,19H,1,5,9H2,2-3H3/t15-,17+,19-,21+/m1/s1. The minimum atomic E-state index is -1.45. The first-order valence-electron chi connectivity index (χ1n) is 8.47. The molecule has 0 saturated heterocycles. The lowest BCUT2D eigenvalue weighted by molar-refractivity contribution is -0.156. The van der Waals surface area contributed by atoms with E-state index >= 15 is 0 Å². The number of carbonyl (C=O) groups excluding carboxylic acids is 2. The van der Waals surface area contributed by atoms with E-state index in [1.54, 1.807) is 19.9 Å². The minimum absolute atomic E-state index is 0.180. The number of hydrogen-bond donors (Lipinski definition) is 0. The Morgan fingerprint density at radius 3 is 2.60 bits per heavy atom. The SMILES string of the molecule is C=CC[C@H]1C=C(C=O)[C@@H](C)[C@](C#N)(C(=O)OCC)[C@@H]1c1ccccc1. The number of allylic oxidation sites excluding steroid dienone is 3. The van der Waals surface area contributed by atoms with Crippen LogP contribution in [0.5, 0.6) is 0 Å². The molecule has 25 heavy (non-hydrogen) atoms. The highest BCUT2D eigenvalue weighted by atomic mass is 16.5. The van der Waals surface area contributed by atoms with Gasteiger partial charge in [-0.05, 0) is 30.4 Å². The van der Waals surface area contributed by atoms with Gasteiger partial charge in [0.15, 0.2) is 5.41 Å². The van der Waals surface area contributed by atoms with Gasteiger partial charge in [-0.25, -0.2) is 0 Å². The molecule has 4 atom stereocenters. The van der Waals surface area contributed by atoms with E-state index in [1.807, 2.05) is 36.4 Å². The lowest BCUT2D eigenvalue weighted by Gasteiger charge is -2.44. The Balaban J connectivity index is 2.74. The average Bonchev–Trinajstić information content (AvgIpc) is 2.63. The van der Waals surface area contributed by atoms with Crippen LogP contribution in [0.4, 0.5) is 0 Å². The van der Waals surface area contributed by atoms with Gasteiger partial charge in [-0.2, -0.15) is 5.26 Å². The molecule has 2 rings (SSSR count). The Labute approximate surface area is 148 Å². The van der Waals surface area contributed by atoms with Crippen molar-refractivity contribution in [2.24, 2.45) is 17.3 Å².